The molecule has 1 amide bonds. The number of hydrogen-bond donors (Lipinski definition) is 3. The van der Waals surface area contributed by atoms with Crippen LogP contribution in [0.5, 0.6) is 0 Å². The molecule has 1 aliphatic heterocycles. The molecular formula is C15H20F3N3O3S. The Kier molecular flexibility index (Phi) is 6.42. The second-order valence-corrected chi connectivity index (χ2v) is 7.61. The predicted octanol–water partition coefficient (Wildman–Crippen LogP) is 1.10. The van der Waals surface area contributed by atoms with Crippen molar-refractivity contribution in [2.45, 2.75) is 23.9 Å². The van der Waals surface area contributed by atoms with E-state index in [0.717, 1.165) is 44.1 Å². The summed E-state index contributed by atoms with van der Waals surface area (Å²) in [5.41, 5.74) is -1.06. The Bertz CT molecular complexity index is 701. The SMILES string of the molecule is O=C(CNS(=O)(=O)c1cccc(C(F)(F)F)c1)NCCC1CCNC1. The van der Waals surface area contributed by atoms with Crippen LogP contribution in [0.2, 0.25) is 0 Å². The molecule has 2 rings (SSSR count). The van der Waals surface area contributed by atoms with E-state index in [1.165, 1.54) is 0 Å². The van der Waals surface area contributed by atoms with Gasteiger partial charge in [0.05, 0.1) is 17.0 Å². The van der Waals surface area contributed by atoms with Crippen LogP contribution in [0.1, 0.15) is 18.4 Å². The Labute approximate surface area is 144 Å². The van der Waals surface area contributed by atoms with E-state index in [1.54, 1.807) is 0 Å². The van der Waals surface area contributed by atoms with Crippen LogP contribution >= 0.6 is 0 Å². The molecule has 0 spiro atoms. The second-order valence-electron chi connectivity index (χ2n) is 5.85. The highest BCUT2D eigenvalue weighted by Crippen LogP contribution is 2.30. The Morgan fingerprint density at radius 1 is 1.32 bits per heavy atom. The lowest BCUT2D eigenvalue weighted by Crippen LogP contribution is -2.37. The molecule has 0 saturated carbocycles. The van der Waals surface area contributed by atoms with Crippen molar-refractivity contribution < 1.29 is 26.4 Å². The molecule has 0 bridgehead atoms. The average molecular weight is 379 g/mol. The van der Waals surface area contributed by atoms with Gasteiger partial charge in [0.25, 0.3) is 0 Å². The topological polar surface area (TPSA) is 87.3 Å². The lowest BCUT2D eigenvalue weighted by Gasteiger charge is -2.11. The molecule has 0 aliphatic carbocycles. The normalized spacial score (nSPS) is 18.3. The van der Waals surface area contributed by atoms with Gasteiger partial charge in [0.2, 0.25) is 15.9 Å². The summed E-state index contributed by atoms with van der Waals surface area (Å²) in [6.07, 6.45) is -2.81. The number of rotatable bonds is 7. The monoisotopic (exact) mass is 379 g/mol. The third-order valence-corrected chi connectivity index (χ3v) is 5.33. The van der Waals surface area contributed by atoms with Gasteiger partial charge in [-0.1, -0.05) is 6.07 Å². The summed E-state index contributed by atoms with van der Waals surface area (Å²) in [4.78, 5) is 11.2. The number of carbonyl (C=O) groups is 1. The van der Waals surface area contributed by atoms with E-state index in [1.807, 2.05) is 4.72 Å². The zero-order valence-corrected chi connectivity index (χ0v) is 14.2. The Balaban J connectivity index is 1.85. The zero-order valence-electron chi connectivity index (χ0n) is 13.4. The number of carbonyl (C=O) groups excluding carboxylic acids is 1. The highest BCUT2D eigenvalue weighted by molar-refractivity contribution is 7.89. The summed E-state index contributed by atoms with van der Waals surface area (Å²) in [5.74, 6) is -0.0383. The van der Waals surface area contributed by atoms with Gasteiger partial charge in [-0.05, 0) is 50.0 Å². The molecule has 0 radical (unpaired) electrons. The van der Waals surface area contributed by atoms with Crippen molar-refractivity contribution in [2.24, 2.45) is 5.92 Å². The standard InChI is InChI=1S/C15H20F3N3O3S/c16-15(17,18)12-2-1-3-13(8-12)25(23,24)21-10-14(22)20-7-5-11-4-6-19-9-11/h1-3,8,11,19,21H,4-7,9-10H2,(H,20,22). The van der Waals surface area contributed by atoms with Crippen molar-refractivity contribution in [3.8, 4) is 0 Å². The van der Waals surface area contributed by atoms with Crippen molar-refractivity contribution in [1.82, 2.24) is 15.4 Å². The summed E-state index contributed by atoms with van der Waals surface area (Å²) in [7, 11) is -4.20. The first-order valence-electron chi connectivity index (χ1n) is 7.83. The van der Waals surface area contributed by atoms with E-state index in [-0.39, 0.29) is 0 Å². The van der Waals surface area contributed by atoms with E-state index in [4.69, 9.17) is 0 Å². The first kappa shape index (κ1) is 19.7. The minimum Gasteiger partial charge on any atom is -0.355 e. The van der Waals surface area contributed by atoms with E-state index in [2.05, 4.69) is 10.6 Å². The van der Waals surface area contributed by atoms with Crippen LogP contribution in [0, 0.1) is 5.92 Å². The first-order valence-corrected chi connectivity index (χ1v) is 9.31. The fourth-order valence-electron chi connectivity index (χ4n) is 2.52. The van der Waals surface area contributed by atoms with Gasteiger partial charge in [-0.2, -0.15) is 13.2 Å². The van der Waals surface area contributed by atoms with Gasteiger partial charge < -0.3 is 10.6 Å². The maximum absolute atomic E-state index is 12.7. The van der Waals surface area contributed by atoms with Gasteiger partial charge in [0.15, 0.2) is 0 Å². The Morgan fingerprint density at radius 3 is 2.72 bits per heavy atom. The number of alkyl halides is 3. The summed E-state index contributed by atoms with van der Waals surface area (Å²) in [6, 6.07) is 3.37. The molecule has 3 N–H and O–H groups in total. The summed E-state index contributed by atoms with van der Waals surface area (Å²) < 4.78 is 64.0. The van der Waals surface area contributed by atoms with Crippen LogP contribution in [-0.4, -0.2) is 40.5 Å². The van der Waals surface area contributed by atoms with Crippen LogP contribution in [-0.2, 0) is 21.0 Å². The van der Waals surface area contributed by atoms with Crippen LogP contribution in [0.3, 0.4) is 0 Å². The number of sulfonamides is 1. The maximum atomic E-state index is 12.7. The quantitative estimate of drug-likeness (QED) is 0.662. The minimum absolute atomic E-state index is 0.427. The highest BCUT2D eigenvalue weighted by atomic mass is 32.2. The van der Waals surface area contributed by atoms with Crippen molar-refractivity contribution in [3.63, 3.8) is 0 Å². The molecule has 25 heavy (non-hydrogen) atoms. The number of benzene rings is 1. The molecule has 1 unspecified atom stereocenters. The van der Waals surface area contributed by atoms with Crippen LogP contribution < -0.4 is 15.4 Å². The minimum atomic E-state index is -4.64. The van der Waals surface area contributed by atoms with E-state index in [9.17, 15) is 26.4 Å². The van der Waals surface area contributed by atoms with Gasteiger partial charge in [0.1, 0.15) is 0 Å². The number of halogens is 3. The van der Waals surface area contributed by atoms with Gasteiger partial charge >= 0.3 is 6.18 Å². The molecule has 1 aromatic rings. The molecule has 6 nitrogen and oxygen atoms in total. The molecule has 1 aliphatic rings. The van der Waals surface area contributed by atoms with Crippen LogP contribution in [0.15, 0.2) is 29.2 Å². The number of nitrogens with one attached hydrogen (secondary N) is 3. The van der Waals surface area contributed by atoms with Crippen molar-refractivity contribution in [3.05, 3.63) is 29.8 Å². The van der Waals surface area contributed by atoms with E-state index in [0.29, 0.717) is 18.5 Å². The molecule has 10 heteroatoms. The van der Waals surface area contributed by atoms with E-state index < -0.39 is 39.1 Å². The summed E-state index contributed by atoms with van der Waals surface area (Å²) in [6.45, 7) is 1.76. The van der Waals surface area contributed by atoms with Crippen molar-refractivity contribution >= 4 is 15.9 Å². The number of hydrogen-bond acceptors (Lipinski definition) is 4. The summed E-state index contributed by atoms with van der Waals surface area (Å²) >= 11 is 0. The van der Waals surface area contributed by atoms with E-state index >= 15 is 0 Å². The molecule has 1 heterocycles. The Morgan fingerprint density at radius 2 is 2.08 bits per heavy atom. The summed E-state index contributed by atoms with van der Waals surface area (Å²) in [5, 5.41) is 5.80. The fraction of sp³-hybridized carbons (Fsp3) is 0.533. The van der Waals surface area contributed by atoms with Gasteiger partial charge in [-0.15, -0.1) is 0 Å². The van der Waals surface area contributed by atoms with Crippen molar-refractivity contribution in [1.29, 1.82) is 0 Å². The molecule has 1 atom stereocenters. The first-order chi connectivity index (χ1) is 11.7. The molecule has 0 aromatic heterocycles. The predicted molar refractivity (Wildman–Crippen MR) is 85.2 cm³/mol. The molecule has 1 fully saturated rings. The van der Waals surface area contributed by atoms with Gasteiger partial charge in [0, 0.05) is 6.54 Å². The number of amides is 1. The lowest BCUT2D eigenvalue weighted by molar-refractivity contribution is -0.137. The lowest BCUT2D eigenvalue weighted by atomic mass is 10.1. The van der Waals surface area contributed by atoms with Gasteiger partial charge in [-0.3, -0.25) is 4.79 Å². The maximum Gasteiger partial charge on any atom is 0.416 e. The zero-order chi connectivity index (χ0) is 18.5. The third kappa shape index (κ3) is 5.98. The fourth-order valence-corrected chi connectivity index (χ4v) is 3.55. The Hall–Kier alpha value is -1.65. The third-order valence-electron chi connectivity index (χ3n) is 3.93. The molecule has 1 saturated heterocycles. The highest BCUT2D eigenvalue weighted by Gasteiger charge is 2.31. The second kappa shape index (κ2) is 8.15. The smallest absolute Gasteiger partial charge is 0.355 e. The van der Waals surface area contributed by atoms with Crippen LogP contribution in [0.25, 0.3) is 0 Å². The molecule has 1 aromatic carbocycles. The van der Waals surface area contributed by atoms with Crippen LogP contribution in [0.4, 0.5) is 13.2 Å². The van der Waals surface area contributed by atoms with Gasteiger partial charge in [-0.25, -0.2) is 13.1 Å². The largest absolute Gasteiger partial charge is 0.416 e. The molecular weight excluding hydrogens is 359 g/mol. The molecule has 140 valence electrons. The van der Waals surface area contributed by atoms with Crippen molar-refractivity contribution in [2.75, 3.05) is 26.2 Å². The average Bonchev–Trinajstić information content (AvgIpc) is 3.06.